The molecule has 2 aromatic heterocycles. The highest BCUT2D eigenvalue weighted by Crippen LogP contribution is 2.41. The Bertz CT molecular complexity index is 1290. The number of fused-ring (bicyclic) bond motifs is 3. The molecule has 0 radical (unpaired) electrons. The Hall–Kier alpha value is -3.07. The van der Waals surface area contributed by atoms with Gasteiger partial charge < -0.3 is 5.32 Å². The normalized spacial score (nSPS) is 16.1. The number of thiophene rings is 1. The van der Waals surface area contributed by atoms with Crippen molar-refractivity contribution < 1.29 is 9.72 Å². The summed E-state index contributed by atoms with van der Waals surface area (Å²) in [6, 6.07) is 4.28. The maximum absolute atomic E-state index is 13.2. The molecule has 0 aliphatic heterocycles. The van der Waals surface area contributed by atoms with E-state index in [1.54, 1.807) is 24.3 Å². The molecule has 1 amide bonds. The first-order valence-corrected chi connectivity index (χ1v) is 11.4. The second-order valence-electron chi connectivity index (χ2n) is 9.47. The fraction of sp³-hybridized carbons (Fsp3) is 0.435. The van der Waals surface area contributed by atoms with Crippen LogP contribution in [0.4, 0.5) is 11.4 Å². The van der Waals surface area contributed by atoms with Gasteiger partial charge in [-0.1, -0.05) is 26.8 Å². The number of rotatable bonds is 4. The van der Waals surface area contributed by atoms with Crippen molar-refractivity contribution in [1.82, 2.24) is 9.55 Å². The Balaban J connectivity index is 1.59. The number of amides is 1. The Labute approximate surface area is 189 Å². The number of benzene rings is 1. The maximum Gasteiger partial charge on any atom is 0.271 e. The van der Waals surface area contributed by atoms with E-state index in [0.29, 0.717) is 22.6 Å². The number of carbonyl (C=O) groups is 1. The van der Waals surface area contributed by atoms with Crippen molar-refractivity contribution in [2.24, 2.45) is 11.3 Å². The van der Waals surface area contributed by atoms with Gasteiger partial charge in [-0.15, -0.1) is 11.3 Å². The van der Waals surface area contributed by atoms with Crippen LogP contribution in [0.25, 0.3) is 10.2 Å². The molecule has 3 aromatic rings. The van der Waals surface area contributed by atoms with Crippen molar-refractivity contribution in [3.63, 3.8) is 0 Å². The van der Waals surface area contributed by atoms with Crippen LogP contribution in [-0.4, -0.2) is 20.4 Å². The monoisotopic (exact) mass is 454 g/mol. The number of carbonyl (C=O) groups excluding carboxylic acids is 1. The smallest absolute Gasteiger partial charge is 0.271 e. The van der Waals surface area contributed by atoms with E-state index in [2.05, 4.69) is 31.1 Å². The van der Waals surface area contributed by atoms with Gasteiger partial charge in [0.25, 0.3) is 11.2 Å². The van der Waals surface area contributed by atoms with E-state index in [4.69, 9.17) is 0 Å². The van der Waals surface area contributed by atoms with E-state index >= 15 is 0 Å². The number of nitro benzene ring substituents is 1. The molecule has 1 unspecified atom stereocenters. The molecular formula is C23H26N4O4S. The molecule has 1 aromatic carbocycles. The molecule has 1 N–H and O–H groups in total. The molecule has 1 aliphatic rings. The van der Waals surface area contributed by atoms with Crippen LogP contribution in [-0.2, 0) is 24.2 Å². The largest absolute Gasteiger partial charge is 0.324 e. The molecule has 4 rings (SSSR count). The number of aryl methyl sites for hydroxylation is 2. The topological polar surface area (TPSA) is 107 Å². The standard InChI is InChI=1S/C23H26N4O4S/c1-13-5-7-15(27(30)31)10-17(13)25-19(28)11-26-12-24-21-20(22(26)29)16-8-6-14(23(2,3)4)9-18(16)32-21/h5,7,10,12,14H,6,8-9,11H2,1-4H3,(H,25,28). The number of nitrogens with zero attached hydrogens (tertiary/aromatic N) is 3. The van der Waals surface area contributed by atoms with Gasteiger partial charge in [0.1, 0.15) is 11.4 Å². The predicted molar refractivity (Wildman–Crippen MR) is 125 cm³/mol. The first-order valence-electron chi connectivity index (χ1n) is 10.6. The van der Waals surface area contributed by atoms with Crippen LogP contribution < -0.4 is 10.9 Å². The number of nitro groups is 1. The number of hydrogen-bond acceptors (Lipinski definition) is 6. The highest BCUT2D eigenvalue weighted by molar-refractivity contribution is 7.18. The Morgan fingerprint density at radius 1 is 1.38 bits per heavy atom. The maximum atomic E-state index is 13.2. The predicted octanol–water partition coefficient (Wildman–Crippen LogP) is 4.46. The van der Waals surface area contributed by atoms with Crippen molar-refractivity contribution in [2.45, 2.75) is 53.5 Å². The molecular weight excluding hydrogens is 428 g/mol. The second kappa shape index (κ2) is 8.12. The molecule has 0 bridgehead atoms. The summed E-state index contributed by atoms with van der Waals surface area (Å²) in [5.41, 5.74) is 2.02. The zero-order valence-corrected chi connectivity index (χ0v) is 19.4. The van der Waals surface area contributed by atoms with Crippen molar-refractivity contribution >= 4 is 38.8 Å². The van der Waals surface area contributed by atoms with Crippen molar-refractivity contribution in [3.05, 3.63) is 61.0 Å². The van der Waals surface area contributed by atoms with Gasteiger partial charge in [-0.05, 0) is 48.6 Å². The summed E-state index contributed by atoms with van der Waals surface area (Å²) in [6.07, 6.45) is 4.24. The minimum Gasteiger partial charge on any atom is -0.324 e. The summed E-state index contributed by atoms with van der Waals surface area (Å²) in [6.45, 7) is 8.30. The Morgan fingerprint density at radius 2 is 2.12 bits per heavy atom. The first-order chi connectivity index (χ1) is 15.0. The molecule has 0 spiro atoms. The fourth-order valence-electron chi connectivity index (χ4n) is 4.26. The highest BCUT2D eigenvalue weighted by atomic mass is 32.1. The minimum atomic E-state index is -0.513. The SMILES string of the molecule is Cc1ccc([N+](=O)[O-])cc1NC(=O)Cn1cnc2sc3c(c2c1=O)CCC(C(C)(C)C)C3. The molecule has 0 fully saturated rings. The lowest BCUT2D eigenvalue weighted by molar-refractivity contribution is -0.384. The quantitative estimate of drug-likeness (QED) is 0.462. The molecule has 9 heteroatoms. The van der Waals surface area contributed by atoms with Crippen molar-refractivity contribution in [1.29, 1.82) is 0 Å². The number of non-ortho nitro benzene ring substituents is 1. The molecule has 2 heterocycles. The third-order valence-corrected chi connectivity index (χ3v) is 7.44. The van der Waals surface area contributed by atoms with E-state index in [0.717, 1.165) is 29.7 Å². The third-order valence-electron chi connectivity index (χ3n) is 6.28. The summed E-state index contributed by atoms with van der Waals surface area (Å²) >= 11 is 1.58. The number of hydrogen-bond donors (Lipinski definition) is 1. The number of nitrogens with one attached hydrogen (secondary N) is 1. The van der Waals surface area contributed by atoms with Crippen molar-refractivity contribution in [3.8, 4) is 0 Å². The zero-order chi connectivity index (χ0) is 23.2. The minimum absolute atomic E-state index is 0.107. The van der Waals surface area contributed by atoms with Gasteiger partial charge in [0, 0.05) is 17.0 Å². The molecule has 1 aliphatic carbocycles. The molecule has 8 nitrogen and oxygen atoms in total. The van der Waals surface area contributed by atoms with Gasteiger partial charge in [-0.2, -0.15) is 0 Å². The number of aromatic nitrogens is 2. The Morgan fingerprint density at radius 3 is 2.81 bits per heavy atom. The van der Waals surface area contributed by atoms with E-state index in [1.807, 2.05) is 0 Å². The Kier molecular flexibility index (Phi) is 5.62. The molecule has 0 saturated carbocycles. The van der Waals surface area contributed by atoms with E-state index < -0.39 is 10.8 Å². The number of anilines is 1. The fourth-order valence-corrected chi connectivity index (χ4v) is 5.51. The highest BCUT2D eigenvalue weighted by Gasteiger charge is 2.31. The van der Waals surface area contributed by atoms with Gasteiger partial charge in [0.15, 0.2) is 0 Å². The molecule has 32 heavy (non-hydrogen) atoms. The average Bonchev–Trinajstić information content (AvgIpc) is 3.09. The van der Waals surface area contributed by atoms with Crippen LogP contribution in [0.5, 0.6) is 0 Å². The zero-order valence-electron chi connectivity index (χ0n) is 18.6. The molecule has 0 saturated heterocycles. The van der Waals surface area contributed by atoms with Gasteiger partial charge in [0.2, 0.25) is 5.91 Å². The lowest BCUT2D eigenvalue weighted by Crippen LogP contribution is -2.29. The van der Waals surface area contributed by atoms with Gasteiger partial charge in [0.05, 0.1) is 22.3 Å². The summed E-state index contributed by atoms with van der Waals surface area (Å²) < 4.78 is 1.31. The van der Waals surface area contributed by atoms with Crippen LogP contribution in [0.1, 0.15) is 43.2 Å². The first kappa shape index (κ1) is 22.1. The average molecular weight is 455 g/mol. The third kappa shape index (κ3) is 4.17. The summed E-state index contributed by atoms with van der Waals surface area (Å²) in [5.74, 6) is 0.128. The van der Waals surface area contributed by atoms with Crippen LogP contribution >= 0.6 is 11.3 Å². The van der Waals surface area contributed by atoms with Crippen LogP contribution in [0.3, 0.4) is 0 Å². The van der Waals surface area contributed by atoms with E-state index in [-0.39, 0.29) is 23.2 Å². The molecule has 168 valence electrons. The van der Waals surface area contributed by atoms with E-state index in [9.17, 15) is 19.7 Å². The van der Waals surface area contributed by atoms with Crippen LogP contribution in [0, 0.1) is 28.4 Å². The van der Waals surface area contributed by atoms with Gasteiger partial charge in [-0.25, -0.2) is 4.98 Å². The van der Waals surface area contributed by atoms with Crippen molar-refractivity contribution in [2.75, 3.05) is 5.32 Å². The summed E-state index contributed by atoms with van der Waals surface area (Å²) in [5, 5.41) is 14.3. The second-order valence-corrected chi connectivity index (χ2v) is 10.6. The van der Waals surface area contributed by atoms with Crippen LogP contribution in [0.15, 0.2) is 29.3 Å². The molecule has 1 atom stereocenters. The lowest BCUT2D eigenvalue weighted by atomic mass is 9.72. The summed E-state index contributed by atoms with van der Waals surface area (Å²) in [4.78, 5) is 42.7. The van der Waals surface area contributed by atoms with Crippen LogP contribution in [0.2, 0.25) is 0 Å². The summed E-state index contributed by atoms with van der Waals surface area (Å²) in [7, 11) is 0. The lowest BCUT2D eigenvalue weighted by Gasteiger charge is -2.33. The van der Waals surface area contributed by atoms with Gasteiger partial charge >= 0.3 is 0 Å². The van der Waals surface area contributed by atoms with E-state index in [1.165, 1.54) is 27.9 Å². The van der Waals surface area contributed by atoms with Gasteiger partial charge in [-0.3, -0.25) is 24.3 Å².